The number of amides is 1. The normalized spacial score (nSPS) is 10.3. The van der Waals surface area contributed by atoms with E-state index in [1.807, 2.05) is 50.2 Å². The van der Waals surface area contributed by atoms with Crippen LogP contribution in [-0.4, -0.2) is 37.3 Å². The zero-order valence-electron chi connectivity index (χ0n) is 19.4. The number of benzene rings is 3. The molecule has 0 aliphatic heterocycles. The third kappa shape index (κ3) is 6.65. The Bertz CT molecular complexity index is 1140. The number of ether oxygens (including phenoxy) is 3. The van der Waals surface area contributed by atoms with Crippen molar-refractivity contribution in [1.82, 2.24) is 0 Å². The lowest BCUT2D eigenvalue weighted by atomic mass is 10.1. The molecule has 0 heterocycles. The topological polar surface area (TPSA) is 106 Å². The first-order valence-corrected chi connectivity index (χ1v) is 10.8. The van der Waals surface area contributed by atoms with Crippen molar-refractivity contribution in [2.45, 2.75) is 20.4 Å². The van der Waals surface area contributed by atoms with Crippen LogP contribution in [0.2, 0.25) is 0 Å². The summed E-state index contributed by atoms with van der Waals surface area (Å²) in [6.45, 7) is 4.50. The first kappa shape index (κ1) is 24.4. The molecule has 8 heteroatoms. The standard InChI is InChI=1S/C26H28N2O6/c1-4-33-24-13-18(15-27-21-14-19(26(30)31)8-12-22(21)32-3)7-11-23(24)34-16-25(29)28-20-9-5-17(2)6-10-20/h5-14,27H,4,15-16H2,1-3H3,(H,28,29)(H,30,31). The van der Waals surface area contributed by atoms with Gasteiger partial charge in [0.05, 0.1) is 25.0 Å². The van der Waals surface area contributed by atoms with Gasteiger partial charge in [-0.1, -0.05) is 23.8 Å². The van der Waals surface area contributed by atoms with Crippen LogP contribution >= 0.6 is 0 Å². The number of anilines is 2. The fraction of sp³-hybridized carbons (Fsp3) is 0.231. The van der Waals surface area contributed by atoms with Crippen LogP contribution in [0.1, 0.15) is 28.4 Å². The average Bonchev–Trinajstić information content (AvgIpc) is 2.83. The van der Waals surface area contributed by atoms with E-state index in [0.29, 0.717) is 41.8 Å². The highest BCUT2D eigenvalue weighted by molar-refractivity contribution is 5.92. The van der Waals surface area contributed by atoms with Crippen LogP contribution in [0.4, 0.5) is 11.4 Å². The van der Waals surface area contributed by atoms with Crippen LogP contribution in [0.15, 0.2) is 60.7 Å². The van der Waals surface area contributed by atoms with Gasteiger partial charge < -0.3 is 30.0 Å². The zero-order valence-corrected chi connectivity index (χ0v) is 19.4. The molecule has 0 aliphatic rings. The Balaban J connectivity index is 1.65. The highest BCUT2D eigenvalue weighted by atomic mass is 16.5. The van der Waals surface area contributed by atoms with Gasteiger partial charge in [-0.05, 0) is 61.9 Å². The smallest absolute Gasteiger partial charge is 0.335 e. The number of carbonyl (C=O) groups excluding carboxylic acids is 1. The average molecular weight is 465 g/mol. The summed E-state index contributed by atoms with van der Waals surface area (Å²) < 4.78 is 16.7. The van der Waals surface area contributed by atoms with Crippen LogP contribution < -0.4 is 24.8 Å². The van der Waals surface area contributed by atoms with Crippen molar-refractivity contribution >= 4 is 23.3 Å². The van der Waals surface area contributed by atoms with E-state index in [9.17, 15) is 14.7 Å². The second-order valence-corrected chi connectivity index (χ2v) is 7.49. The van der Waals surface area contributed by atoms with Gasteiger partial charge in [0.1, 0.15) is 5.75 Å². The Kier molecular flexibility index (Phi) is 8.34. The molecule has 0 aliphatic carbocycles. The molecule has 0 saturated carbocycles. The van der Waals surface area contributed by atoms with Gasteiger partial charge in [-0.25, -0.2) is 4.79 Å². The van der Waals surface area contributed by atoms with Crippen molar-refractivity contribution in [3.63, 3.8) is 0 Å². The summed E-state index contributed by atoms with van der Waals surface area (Å²) in [5, 5.41) is 15.2. The maximum Gasteiger partial charge on any atom is 0.335 e. The third-order valence-corrected chi connectivity index (χ3v) is 4.93. The van der Waals surface area contributed by atoms with Crippen molar-refractivity contribution < 1.29 is 28.9 Å². The Morgan fingerprint density at radius 3 is 2.32 bits per heavy atom. The minimum Gasteiger partial charge on any atom is -0.495 e. The number of hydrogen-bond donors (Lipinski definition) is 3. The molecular formula is C26H28N2O6. The molecule has 0 unspecified atom stereocenters. The summed E-state index contributed by atoms with van der Waals surface area (Å²) in [6.07, 6.45) is 0. The molecule has 178 valence electrons. The fourth-order valence-electron chi connectivity index (χ4n) is 3.20. The molecule has 3 aromatic rings. The van der Waals surface area contributed by atoms with Crippen LogP contribution in [0.5, 0.6) is 17.2 Å². The highest BCUT2D eigenvalue weighted by Crippen LogP contribution is 2.30. The molecule has 1 amide bonds. The number of carboxylic acids is 1. The molecule has 0 radical (unpaired) electrons. The van der Waals surface area contributed by atoms with Crippen LogP contribution in [0.25, 0.3) is 0 Å². The lowest BCUT2D eigenvalue weighted by Gasteiger charge is -2.15. The first-order valence-electron chi connectivity index (χ1n) is 10.8. The Hall–Kier alpha value is -4.20. The van der Waals surface area contributed by atoms with Gasteiger partial charge in [-0.2, -0.15) is 0 Å². The SMILES string of the molecule is CCOc1cc(CNc2cc(C(=O)O)ccc2OC)ccc1OCC(=O)Nc1ccc(C)cc1. The molecule has 0 aromatic heterocycles. The Morgan fingerprint density at radius 2 is 1.65 bits per heavy atom. The van der Waals surface area contributed by atoms with Gasteiger partial charge in [0, 0.05) is 12.2 Å². The molecular weight excluding hydrogens is 436 g/mol. The summed E-state index contributed by atoms with van der Waals surface area (Å²) in [5.74, 6) is 0.209. The summed E-state index contributed by atoms with van der Waals surface area (Å²) >= 11 is 0. The number of aromatic carboxylic acids is 1. The lowest BCUT2D eigenvalue weighted by molar-refractivity contribution is -0.118. The van der Waals surface area contributed by atoms with Crippen molar-refractivity contribution in [2.24, 2.45) is 0 Å². The monoisotopic (exact) mass is 464 g/mol. The van der Waals surface area contributed by atoms with Gasteiger partial charge in [0.25, 0.3) is 5.91 Å². The van der Waals surface area contributed by atoms with E-state index < -0.39 is 5.97 Å². The minimum absolute atomic E-state index is 0.158. The minimum atomic E-state index is -1.02. The highest BCUT2D eigenvalue weighted by Gasteiger charge is 2.12. The molecule has 3 N–H and O–H groups in total. The van der Waals surface area contributed by atoms with Crippen molar-refractivity contribution in [2.75, 3.05) is 31.0 Å². The predicted molar refractivity (Wildman–Crippen MR) is 130 cm³/mol. The molecule has 0 fully saturated rings. The van der Waals surface area contributed by atoms with Gasteiger partial charge in [-0.3, -0.25) is 4.79 Å². The van der Waals surface area contributed by atoms with Crippen molar-refractivity contribution in [3.8, 4) is 17.2 Å². The van der Waals surface area contributed by atoms with Crippen LogP contribution in [0, 0.1) is 6.92 Å². The van der Waals surface area contributed by atoms with Crippen molar-refractivity contribution in [3.05, 3.63) is 77.4 Å². The zero-order chi connectivity index (χ0) is 24.5. The number of carbonyl (C=O) groups is 2. The summed E-state index contributed by atoms with van der Waals surface area (Å²) in [7, 11) is 1.52. The molecule has 3 rings (SSSR count). The van der Waals surface area contributed by atoms with E-state index in [0.717, 1.165) is 11.1 Å². The summed E-state index contributed by atoms with van der Waals surface area (Å²) in [6, 6.07) is 17.5. The summed E-state index contributed by atoms with van der Waals surface area (Å²) in [4.78, 5) is 23.5. The van der Waals surface area contributed by atoms with E-state index in [1.165, 1.54) is 19.2 Å². The maximum absolute atomic E-state index is 12.3. The summed E-state index contributed by atoms with van der Waals surface area (Å²) in [5.41, 5.74) is 3.41. The predicted octanol–water partition coefficient (Wildman–Crippen LogP) is 4.73. The van der Waals surface area contributed by atoms with E-state index in [-0.39, 0.29) is 18.1 Å². The molecule has 3 aromatic carbocycles. The second kappa shape index (κ2) is 11.6. The first-order chi connectivity index (χ1) is 16.4. The third-order valence-electron chi connectivity index (χ3n) is 4.93. The van der Waals surface area contributed by atoms with E-state index in [4.69, 9.17) is 14.2 Å². The van der Waals surface area contributed by atoms with Gasteiger partial charge >= 0.3 is 5.97 Å². The number of nitrogens with one attached hydrogen (secondary N) is 2. The molecule has 0 saturated heterocycles. The second-order valence-electron chi connectivity index (χ2n) is 7.49. The molecule has 0 spiro atoms. The van der Waals surface area contributed by atoms with Gasteiger partial charge in [0.2, 0.25) is 0 Å². The molecule has 8 nitrogen and oxygen atoms in total. The van der Waals surface area contributed by atoms with Crippen molar-refractivity contribution in [1.29, 1.82) is 0 Å². The van der Waals surface area contributed by atoms with E-state index in [1.54, 1.807) is 12.1 Å². The van der Waals surface area contributed by atoms with Gasteiger partial charge in [0.15, 0.2) is 18.1 Å². The maximum atomic E-state index is 12.3. The number of aryl methyl sites for hydroxylation is 1. The van der Waals surface area contributed by atoms with E-state index >= 15 is 0 Å². The number of carboxylic acid groups (broad SMARTS) is 1. The quantitative estimate of drug-likeness (QED) is 0.377. The Labute approximate surface area is 198 Å². The molecule has 0 atom stereocenters. The number of hydrogen-bond acceptors (Lipinski definition) is 6. The largest absolute Gasteiger partial charge is 0.495 e. The molecule has 34 heavy (non-hydrogen) atoms. The Morgan fingerprint density at radius 1 is 0.912 bits per heavy atom. The fourth-order valence-corrected chi connectivity index (χ4v) is 3.20. The number of methoxy groups -OCH3 is 1. The molecule has 0 bridgehead atoms. The van der Waals surface area contributed by atoms with Gasteiger partial charge in [-0.15, -0.1) is 0 Å². The number of rotatable bonds is 11. The van der Waals surface area contributed by atoms with E-state index in [2.05, 4.69) is 10.6 Å². The van der Waals surface area contributed by atoms with Crippen LogP contribution in [0.3, 0.4) is 0 Å². The van der Waals surface area contributed by atoms with Crippen LogP contribution in [-0.2, 0) is 11.3 Å². The lowest BCUT2D eigenvalue weighted by Crippen LogP contribution is -2.20.